The second-order valence-corrected chi connectivity index (χ2v) is 6.75. The molecular formula is C22H25N3O2. The van der Waals surface area contributed by atoms with Crippen LogP contribution in [0.3, 0.4) is 0 Å². The van der Waals surface area contributed by atoms with Gasteiger partial charge in [-0.3, -0.25) is 9.48 Å². The van der Waals surface area contributed by atoms with E-state index in [9.17, 15) is 4.79 Å². The smallest absolute Gasteiger partial charge is 0.251 e. The quantitative estimate of drug-likeness (QED) is 0.719. The van der Waals surface area contributed by atoms with E-state index < -0.39 is 0 Å². The highest BCUT2D eigenvalue weighted by Gasteiger charge is 2.12. The Hall–Kier alpha value is -3.08. The molecule has 3 rings (SSSR count). The molecule has 3 aromatic rings. The van der Waals surface area contributed by atoms with E-state index in [-0.39, 0.29) is 11.9 Å². The molecule has 5 heteroatoms. The average Bonchev–Trinajstić information content (AvgIpc) is 2.99. The first-order valence-electron chi connectivity index (χ1n) is 9.01. The first kappa shape index (κ1) is 18.7. The molecular weight excluding hydrogens is 338 g/mol. The number of nitrogens with zero attached hydrogens (tertiary/aromatic N) is 2. The van der Waals surface area contributed by atoms with E-state index in [2.05, 4.69) is 16.5 Å². The first-order chi connectivity index (χ1) is 13.0. The maximum absolute atomic E-state index is 12.5. The van der Waals surface area contributed by atoms with E-state index in [0.29, 0.717) is 12.1 Å². The normalized spacial score (nSPS) is 11.9. The summed E-state index contributed by atoms with van der Waals surface area (Å²) in [6, 6.07) is 17.3. The summed E-state index contributed by atoms with van der Waals surface area (Å²) in [4.78, 5) is 12.5. The molecule has 140 valence electrons. The zero-order valence-corrected chi connectivity index (χ0v) is 16.2. The summed E-state index contributed by atoms with van der Waals surface area (Å²) in [7, 11) is 1.64. The van der Waals surface area contributed by atoms with E-state index >= 15 is 0 Å². The Bertz CT molecular complexity index is 912. The van der Waals surface area contributed by atoms with E-state index in [4.69, 9.17) is 4.74 Å². The van der Waals surface area contributed by atoms with Crippen LogP contribution in [-0.2, 0) is 6.54 Å². The fourth-order valence-corrected chi connectivity index (χ4v) is 3.03. The molecule has 1 heterocycles. The van der Waals surface area contributed by atoms with Crippen molar-refractivity contribution in [2.24, 2.45) is 0 Å². The number of carbonyl (C=O) groups excluding carboxylic acids is 1. The largest absolute Gasteiger partial charge is 0.497 e. The number of methoxy groups -OCH3 is 1. The maximum Gasteiger partial charge on any atom is 0.251 e. The highest BCUT2D eigenvalue weighted by atomic mass is 16.5. The number of carbonyl (C=O) groups is 1. The van der Waals surface area contributed by atoms with Crippen molar-refractivity contribution >= 4 is 5.91 Å². The Morgan fingerprint density at radius 1 is 1.11 bits per heavy atom. The van der Waals surface area contributed by atoms with Crippen molar-refractivity contribution in [2.45, 2.75) is 33.4 Å². The predicted octanol–water partition coefficient (Wildman–Crippen LogP) is 4.05. The van der Waals surface area contributed by atoms with Gasteiger partial charge in [0, 0.05) is 11.3 Å². The van der Waals surface area contributed by atoms with Crippen LogP contribution in [0.2, 0.25) is 0 Å². The highest BCUT2D eigenvalue weighted by Crippen LogP contribution is 2.18. The van der Waals surface area contributed by atoms with Crippen molar-refractivity contribution in [3.63, 3.8) is 0 Å². The minimum absolute atomic E-state index is 0.0854. The highest BCUT2D eigenvalue weighted by molar-refractivity contribution is 5.94. The second-order valence-electron chi connectivity index (χ2n) is 6.75. The summed E-state index contributed by atoms with van der Waals surface area (Å²) in [6.45, 7) is 6.70. The lowest BCUT2D eigenvalue weighted by Gasteiger charge is -2.15. The number of aryl methyl sites for hydroxylation is 2. The SMILES string of the molecule is COc1ccc([C@H](C)NC(=O)c2ccc(Cn3nc(C)cc3C)cc2)cc1. The third kappa shape index (κ3) is 4.56. The molecule has 1 N–H and O–H groups in total. The fourth-order valence-electron chi connectivity index (χ4n) is 3.03. The van der Waals surface area contributed by atoms with Gasteiger partial charge in [-0.1, -0.05) is 24.3 Å². The Morgan fingerprint density at radius 2 is 1.78 bits per heavy atom. The average molecular weight is 363 g/mol. The topological polar surface area (TPSA) is 56.1 Å². The van der Waals surface area contributed by atoms with Gasteiger partial charge in [0.05, 0.1) is 25.4 Å². The number of aromatic nitrogens is 2. The summed E-state index contributed by atoms with van der Waals surface area (Å²) in [5.74, 6) is 0.714. The van der Waals surface area contributed by atoms with Gasteiger partial charge in [0.15, 0.2) is 0 Å². The van der Waals surface area contributed by atoms with Gasteiger partial charge in [-0.05, 0) is 62.2 Å². The van der Waals surface area contributed by atoms with Crippen molar-refractivity contribution in [1.82, 2.24) is 15.1 Å². The summed E-state index contributed by atoms with van der Waals surface area (Å²) < 4.78 is 7.14. The molecule has 1 atom stereocenters. The molecule has 0 aliphatic carbocycles. The summed E-state index contributed by atoms with van der Waals surface area (Å²) >= 11 is 0. The van der Waals surface area contributed by atoms with Crippen molar-refractivity contribution in [3.05, 3.63) is 82.7 Å². The summed E-state index contributed by atoms with van der Waals surface area (Å²) in [6.07, 6.45) is 0. The van der Waals surface area contributed by atoms with Crippen molar-refractivity contribution in [3.8, 4) is 5.75 Å². The van der Waals surface area contributed by atoms with Gasteiger partial charge in [-0.25, -0.2) is 0 Å². The molecule has 27 heavy (non-hydrogen) atoms. The molecule has 5 nitrogen and oxygen atoms in total. The number of benzene rings is 2. The van der Waals surface area contributed by atoms with Crippen LogP contribution in [-0.4, -0.2) is 22.8 Å². The van der Waals surface area contributed by atoms with Gasteiger partial charge in [0.25, 0.3) is 5.91 Å². The number of nitrogens with one attached hydrogen (secondary N) is 1. The van der Waals surface area contributed by atoms with Gasteiger partial charge in [-0.2, -0.15) is 5.10 Å². The third-order valence-electron chi connectivity index (χ3n) is 4.62. The summed E-state index contributed by atoms with van der Waals surface area (Å²) in [5.41, 5.74) is 4.93. The Labute approximate surface area is 160 Å². The Kier molecular flexibility index (Phi) is 5.60. The molecule has 0 aliphatic heterocycles. The molecule has 0 spiro atoms. The molecule has 2 aromatic carbocycles. The number of rotatable bonds is 6. The van der Waals surface area contributed by atoms with Gasteiger partial charge in [0.1, 0.15) is 5.75 Å². The van der Waals surface area contributed by atoms with Crippen LogP contribution < -0.4 is 10.1 Å². The van der Waals surface area contributed by atoms with Crippen molar-refractivity contribution in [2.75, 3.05) is 7.11 Å². The Balaban J connectivity index is 1.63. The molecule has 0 bridgehead atoms. The van der Waals surface area contributed by atoms with E-state index in [0.717, 1.165) is 28.3 Å². The maximum atomic E-state index is 12.5. The number of hydrogen-bond donors (Lipinski definition) is 1. The summed E-state index contributed by atoms with van der Waals surface area (Å²) in [5, 5.41) is 7.51. The van der Waals surface area contributed by atoms with Crippen LogP contribution in [0.4, 0.5) is 0 Å². The molecule has 0 radical (unpaired) electrons. The molecule has 0 aliphatic rings. The first-order valence-corrected chi connectivity index (χ1v) is 9.01. The monoisotopic (exact) mass is 363 g/mol. The van der Waals surface area contributed by atoms with Gasteiger partial charge in [0.2, 0.25) is 0 Å². The van der Waals surface area contributed by atoms with Gasteiger partial charge in [-0.15, -0.1) is 0 Å². The van der Waals surface area contributed by atoms with Crippen LogP contribution in [0, 0.1) is 13.8 Å². The molecule has 0 saturated heterocycles. The zero-order chi connectivity index (χ0) is 19.4. The van der Waals surface area contributed by atoms with Crippen LogP contribution >= 0.6 is 0 Å². The number of hydrogen-bond acceptors (Lipinski definition) is 3. The fraction of sp³-hybridized carbons (Fsp3) is 0.273. The van der Waals surface area contributed by atoms with Crippen molar-refractivity contribution in [1.29, 1.82) is 0 Å². The molecule has 1 amide bonds. The lowest BCUT2D eigenvalue weighted by atomic mass is 10.1. The standard InChI is InChI=1S/C22H25N3O2/c1-15-13-16(2)25(24-15)14-18-5-7-20(8-6-18)22(26)23-17(3)19-9-11-21(27-4)12-10-19/h5-13,17H,14H2,1-4H3,(H,23,26)/t17-/m0/s1. The number of amides is 1. The van der Waals surface area contributed by atoms with E-state index in [1.54, 1.807) is 7.11 Å². The third-order valence-corrected chi connectivity index (χ3v) is 4.62. The predicted molar refractivity (Wildman–Crippen MR) is 106 cm³/mol. The number of ether oxygens (including phenoxy) is 1. The van der Waals surface area contributed by atoms with Crippen molar-refractivity contribution < 1.29 is 9.53 Å². The molecule has 1 aromatic heterocycles. The van der Waals surface area contributed by atoms with E-state index in [1.165, 1.54) is 0 Å². The molecule has 0 saturated carbocycles. The van der Waals surface area contributed by atoms with E-state index in [1.807, 2.05) is 74.0 Å². The Morgan fingerprint density at radius 3 is 2.33 bits per heavy atom. The van der Waals surface area contributed by atoms with Crippen LogP contribution in [0.5, 0.6) is 5.75 Å². The van der Waals surface area contributed by atoms with Crippen LogP contribution in [0.25, 0.3) is 0 Å². The lowest BCUT2D eigenvalue weighted by molar-refractivity contribution is 0.0940. The second kappa shape index (κ2) is 8.08. The lowest BCUT2D eigenvalue weighted by Crippen LogP contribution is -2.26. The van der Waals surface area contributed by atoms with Gasteiger partial charge >= 0.3 is 0 Å². The minimum Gasteiger partial charge on any atom is -0.497 e. The molecule has 0 fully saturated rings. The van der Waals surface area contributed by atoms with Crippen LogP contribution in [0.15, 0.2) is 54.6 Å². The minimum atomic E-state index is -0.0871. The molecule has 0 unspecified atom stereocenters. The van der Waals surface area contributed by atoms with Gasteiger partial charge < -0.3 is 10.1 Å². The zero-order valence-electron chi connectivity index (χ0n) is 16.2. The van der Waals surface area contributed by atoms with Crippen LogP contribution in [0.1, 0.15) is 45.8 Å².